The summed E-state index contributed by atoms with van der Waals surface area (Å²) in [5.41, 5.74) is 4.26. The number of aryl methyl sites for hydroxylation is 2. The van der Waals surface area contributed by atoms with E-state index in [0.29, 0.717) is 17.8 Å². The van der Waals surface area contributed by atoms with Gasteiger partial charge in [-0.05, 0) is 74.4 Å². The number of carbonyl (C=O) groups is 1. The lowest BCUT2D eigenvalue weighted by Gasteiger charge is -2.36. The fraction of sp³-hybridized carbons (Fsp3) is 0.348. The van der Waals surface area contributed by atoms with E-state index in [4.69, 9.17) is 4.52 Å². The molecule has 0 N–H and O–H groups in total. The summed E-state index contributed by atoms with van der Waals surface area (Å²) in [5.74, 6) is 1.21. The highest BCUT2D eigenvalue weighted by Gasteiger charge is 2.39. The Morgan fingerprint density at radius 3 is 2.57 bits per heavy atom. The van der Waals surface area contributed by atoms with Crippen molar-refractivity contribution in [1.82, 2.24) is 15.0 Å². The molecular formula is C23H23N3O2. The first-order valence-electron chi connectivity index (χ1n) is 10.0. The van der Waals surface area contributed by atoms with Crippen LogP contribution in [0.15, 0.2) is 53.1 Å². The van der Waals surface area contributed by atoms with Gasteiger partial charge in [0, 0.05) is 17.2 Å². The summed E-state index contributed by atoms with van der Waals surface area (Å²) >= 11 is 0. The van der Waals surface area contributed by atoms with Crippen LogP contribution in [-0.4, -0.2) is 27.0 Å². The Morgan fingerprint density at radius 2 is 1.86 bits per heavy atom. The highest BCUT2D eigenvalue weighted by molar-refractivity contribution is 5.95. The zero-order chi connectivity index (χ0) is 19.1. The second-order valence-corrected chi connectivity index (χ2v) is 7.77. The largest absolute Gasteiger partial charge is 0.334 e. The van der Waals surface area contributed by atoms with Crippen molar-refractivity contribution in [2.75, 3.05) is 0 Å². The van der Waals surface area contributed by atoms with Gasteiger partial charge in [-0.2, -0.15) is 4.98 Å². The van der Waals surface area contributed by atoms with E-state index in [1.54, 1.807) is 6.92 Å². The van der Waals surface area contributed by atoms with Gasteiger partial charge in [0.1, 0.15) is 0 Å². The number of carbonyl (C=O) groups excluding carboxylic acids is 1. The van der Waals surface area contributed by atoms with E-state index in [0.717, 1.165) is 43.2 Å². The van der Waals surface area contributed by atoms with Crippen molar-refractivity contribution >= 4 is 5.91 Å². The van der Waals surface area contributed by atoms with Crippen LogP contribution in [0.25, 0.3) is 11.5 Å². The third-order valence-electron chi connectivity index (χ3n) is 5.75. The SMILES string of the molecule is Cc1noc(-c2ccc(C(=O)N(C3CC3)C3CCCc4ccccc43)cc2)n1. The molecule has 0 radical (unpaired) electrons. The van der Waals surface area contributed by atoms with Crippen LogP contribution in [0.2, 0.25) is 0 Å². The Bertz CT molecular complexity index is 1000. The standard InChI is InChI=1S/C23H23N3O2/c1-15-24-22(28-25-15)17-9-11-18(12-10-17)23(27)26(19-13-14-19)21-8-4-6-16-5-2-3-7-20(16)21/h2-3,5,7,9-12,19,21H,4,6,8,13-14H2,1H3. The van der Waals surface area contributed by atoms with Crippen molar-refractivity contribution in [1.29, 1.82) is 0 Å². The summed E-state index contributed by atoms with van der Waals surface area (Å²) in [7, 11) is 0. The molecule has 1 heterocycles. The first-order valence-corrected chi connectivity index (χ1v) is 10.0. The van der Waals surface area contributed by atoms with E-state index >= 15 is 0 Å². The molecule has 28 heavy (non-hydrogen) atoms. The lowest BCUT2D eigenvalue weighted by molar-refractivity contribution is 0.0638. The van der Waals surface area contributed by atoms with Crippen LogP contribution in [-0.2, 0) is 6.42 Å². The number of amides is 1. The van der Waals surface area contributed by atoms with E-state index in [1.807, 2.05) is 24.3 Å². The molecule has 0 saturated heterocycles. The lowest BCUT2D eigenvalue weighted by atomic mass is 9.86. The first-order chi connectivity index (χ1) is 13.7. The highest BCUT2D eigenvalue weighted by atomic mass is 16.5. The van der Waals surface area contributed by atoms with Crippen molar-refractivity contribution in [2.45, 2.75) is 51.1 Å². The molecule has 2 aromatic carbocycles. The summed E-state index contributed by atoms with van der Waals surface area (Å²) in [6, 6.07) is 16.7. The zero-order valence-electron chi connectivity index (χ0n) is 16.0. The van der Waals surface area contributed by atoms with Crippen molar-refractivity contribution in [2.24, 2.45) is 0 Å². The summed E-state index contributed by atoms with van der Waals surface area (Å²) in [6.45, 7) is 1.79. The number of aromatic nitrogens is 2. The number of hydrogen-bond acceptors (Lipinski definition) is 4. The Morgan fingerprint density at radius 1 is 1.07 bits per heavy atom. The Balaban J connectivity index is 1.44. The Labute approximate surface area is 164 Å². The minimum Gasteiger partial charge on any atom is -0.334 e. The molecule has 1 aromatic heterocycles. The lowest BCUT2D eigenvalue weighted by Crippen LogP contribution is -2.38. The monoisotopic (exact) mass is 373 g/mol. The smallest absolute Gasteiger partial charge is 0.257 e. The number of hydrogen-bond donors (Lipinski definition) is 0. The Kier molecular flexibility index (Phi) is 4.23. The molecule has 5 nitrogen and oxygen atoms in total. The van der Waals surface area contributed by atoms with Gasteiger partial charge in [-0.25, -0.2) is 0 Å². The first kappa shape index (κ1) is 17.2. The molecular weight excluding hydrogens is 350 g/mol. The predicted octanol–water partition coefficient (Wildman–Crippen LogP) is 4.73. The molecule has 1 unspecified atom stereocenters. The molecule has 2 aliphatic carbocycles. The van der Waals surface area contributed by atoms with Crippen LogP contribution in [0.5, 0.6) is 0 Å². The number of rotatable bonds is 4. The highest BCUT2D eigenvalue weighted by Crippen LogP contribution is 2.41. The van der Waals surface area contributed by atoms with Gasteiger partial charge in [0.05, 0.1) is 6.04 Å². The average molecular weight is 373 g/mol. The van der Waals surface area contributed by atoms with Crippen molar-refractivity contribution < 1.29 is 9.32 Å². The fourth-order valence-corrected chi connectivity index (χ4v) is 4.25. The third-order valence-corrected chi connectivity index (χ3v) is 5.75. The molecule has 5 heteroatoms. The van der Waals surface area contributed by atoms with Crippen LogP contribution >= 0.6 is 0 Å². The zero-order valence-corrected chi connectivity index (χ0v) is 16.0. The van der Waals surface area contributed by atoms with Crippen LogP contribution in [0, 0.1) is 6.92 Å². The van der Waals surface area contributed by atoms with E-state index in [9.17, 15) is 4.79 Å². The van der Waals surface area contributed by atoms with Gasteiger partial charge in [-0.3, -0.25) is 4.79 Å². The van der Waals surface area contributed by atoms with Gasteiger partial charge in [-0.1, -0.05) is 29.4 Å². The molecule has 5 rings (SSSR count). The maximum atomic E-state index is 13.5. The van der Waals surface area contributed by atoms with Gasteiger partial charge >= 0.3 is 0 Å². The van der Waals surface area contributed by atoms with Gasteiger partial charge in [-0.15, -0.1) is 0 Å². The number of fused-ring (bicyclic) bond motifs is 1. The second-order valence-electron chi connectivity index (χ2n) is 7.77. The van der Waals surface area contributed by atoms with E-state index in [-0.39, 0.29) is 11.9 Å². The maximum absolute atomic E-state index is 13.5. The van der Waals surface area contributed by atoms with Crippen molar-refractivity contribution in [3.05, 3.63) is 71.0 Å². The van der Waals surface area contributed by atoms with E-state index in [2.05, 4.69) is 39.3 Å². The summed E-state index contributed by atoms with van der Waals surface area (Å²) in [5, 5.41) is 3.83. The maximum Gasteiger partial charge on any atom is 0.257 e. The third kappa shape index (κ3) is 3.11. The van der Waals surface area contributed by atoms with E-state index in [1.165, 1.54) is 11.1 Å². The number of nitrogens with zero attached hydrogens (tertiary/aromatic N) is 3. The minimum absolute atomic E-state index is 0.123. The van der Waals surface area contributed by atoms with Gasteiger partial charge < -0.3 is 9.42 Å². The van der Waals surface area contributed by atoms with Crippen LogP contribution in [0.4, 0.5) is 0 Å². The molecule has 0 aliphatic heterocycles. The van der Waals surface area contributed by atoms with Gasteiger partial charge in [0.25, 0.3) is 11.8 Å². The van der Waals surface area contributed by atoms with E-state index < -0.39 is 0 Å². The molecule has 2 aliphatic rings. The van der Waals surface area contributed by atoms with Crippen LogP contribution in [0.3, 0.4) is 0 Å². The molecule has 142 valence electrons. The number of benzene rings is 2. The van der Waals surface area contributed by atoms with Gasteiger partial charge in [0.15, 0.2) is 5.82 Å². The average Bonchev–Trinajstić information content (AvgIpc) is 3.47. The minimum atomic E-state index is 0.123. The van der Waals surface area contributed by atoms with Gasteiger partial charge in [0.2, 0.25) is 0 Å². The van der Waals surface area contributed by atoms with Crippen molar-refractivity contribution in [3.63, 3.8) is 0 Å². The quantitative estimate of drug-likeness (QED) is 0.663. The summed E-state index contributed by atoms with van der Waals surface area (Å²) in [4.78, 5) is 19.9. The topological polar surface area (TPSA) is 59.2 Å². The summed E-state index contributed by atoms with van der Waals surface area (Å²) in [6.07, 6.45) is 5.48. The molecule has 1 amide bonds. The fourth-order valence-electron chi connectivity index (χ4n) is 4.25. The normalized spacial score (nSPS) is 18.5. The van der Waals surface area contributed by atoms with Crippen LogP contribution < -0.4 is 0 Å². The molecule has 1 fully saturated rings. The van der Waals surface area contributed by atoms with Crippen molar-refractivity contribution in [3.8, 4) is 11.5 Å². The van der Waals surface area contributed by atoms with Crippen LogP contribution in [0.1, 0.15) is 59.0 Å². The molecule has 1 atom stereocenters. The predicted molar refractivity (Wildman–Crippen MR) is 106 cm³/mol. The molecule has 0 bridgehead atoms. The second kappa shape index (κ2) is 6.89. The summed E-state index contributed by atoms with van der Waals surface area (Å²) < 4.78 is 5.22. The Hall–Kier alpha value is -2.95. The molecule has 3 aromatic rings. The molecule has 0 spiro atoms. The molecule has 1 saturated carbocycles.